The molecule has 0 bridgehead atoms. The zero-order valence-electron chi connectivity index (χ0n) is 13.5. The van der Waals surface area contributed by atoms with Crippen LogP contribution < -0.4 is 5.32 Å². The number of hydrogen-bond donors (Lipinski definition) is 1. The van der Waals surface area contributed by atoms with Gasteiger partial charge in [-0.3, -0.25) is 9.80 Å². The van der Waals surface area contributed by atoms with Crippen molar-refractivity contribution in [3.05, 3.63) is 0 Å². The van der Waals surface area contributed by atoms with Crippen LogP contribution in [0.5, 0.6) is 0 Å². The van der Waals surface area contributed by atoms with Crippen molar-refractivity contribution >= 4 is 0 Å². The van der Waals surface area contributed by atoms with E-state index in [1.165, 1.54) is 71.1 Å². The molecule has 3 fully saturated rings. The van der Waals surface area contributed by atoms with E-state index in [2.05, 4.69) is 29.1 Å². The van der Waals surface area contributed by atoms with E-state index in [1.54, 1.807) is 0 Å². The third-order valence-electron chi connectivity index (χ3n) is 6.18. The van der Waals surface area contributed by atoms with Gasteiger partial charge < -0.3 is 5.32 Å². The summed E-state index contributed by atoms with van der Waals surface area (Å²) in [5, 5.41) is 3.62. The highest BCUT2D eigenvalue weighted by Crippen LogP contribution is 2.32. The maximum Gasteiger partial charge on any atom is 0.0252 e. The molecule has 0 aromatic rings. The van der Waals surface area contributed by atoms with Crippen LogP contribution in [0.25, 0.3) is 0 Å². The van der Waals surface area contributed by atoms with Gasteiger partial charge in [0.25, 0.3) is 0 Å². The van der Waals surface area contributed by atoms with Crippen molar-refractivity contribution in [3.63, 3.8) is 0 Å². The zero-order valence-corrected chi connectivity index (χ0v) is 13.5. The molecule has 3 rings (SSSR count). The summed E-state index contributed by atoms with van der Waals surface area (Å²) < 4.78 is 0. The molecule has 4 unspecified atom stereocenters. The zero-order chi connectivity index (χ0) is 13.9. The van der Waals surface area contributed by atoms with Crippen molar-refractivity contribution < 1.29 is 0 Å². The fraction of sp³-hybridized carbons (Fsp3) is 1.00. The number of fused-ring (bicyclic) bond motifs is 1. The molecule has 116 valence electrons. The number of hydrogen-bond acceptors (Lipinski definition) is 3. The van der Waals surface area contributed by atoms with Crippen LogP contribution in [0.2, 0.25) is 0 Å². The van der Waals surface area contributed by atoms with Gasteiger partial charge in [0.05, 0.1) is 0 Å². The second-order valence-corrected chi connectivity index (χ2v) is 7.23. The summed E-state index contributed by atoms with van der Waals surface area (Å²) in [6.07, 6.45) is 9.85. The average molecular weight is 279 g/mol. The predicted octanol–water partition coefficient (Wildman–Crippen LogP) is 2.32. The highest BCUT2D eigenvalue weighted by molar-refractivity contribution is 4.94. The molecular weight excluding hydrogens is 246 g/mol. The predicted molar refractivity (Wildman–Crippen MR) is 85.1 cm³/mol. The molecule has 3 heteroatoms. The maximum absolute atomic E-state index is 3.62. The fourth-order valence-corrected chi connectivity index (χ4v) is 4.88. The Morgan fingerprint density at radius 2 is 1.80 bits per heavy atom. The molecule has 2 aliphatic heterocycles. The summed E-state index contributed by atoms with van der Waals surface area (Å²) in [7, 11) is 2.17. The van der Waals surface area contributed by atoms with E-state index in [0.29, 0.717) is 0 Å². The Hall–Kier alpha value is -0.120. The Kier molecular flexibility index (Phi) is 5.00. The smallest absolute Gasteiger partial charge is 0.0252 e. The van der Waals surface area contributed by atoms with Gasteiger partial charge in [-0.1, -0.05) is 13.3 Å². The molecule has 0 spiro atoms. The average Bonchev–Trinajstić information content (AvgIpc) is 2.83. The molecule has 20 heavy (non-hydrogen) atoms. The molecule has 0 amide bonds. The summed E-state index contributed by atoms with van der Waals surface area (Å²) >= 11 is 0. The first-order valence-corrected chi connectivity index (χ1v) is 8.97. The van der Waals surface area contributed by atoms with E-state index >= 15 is 0 Å². The molecule has 2 saturated heterocycles. The van der Waals surface area contributed by atoms with Crippen LogP contribution in [0.4, 0.5) is 0 Å². The van der Waals surface area contributed by atoms with E-state index in [9.17, 15) is 0 Å². The molecule has 1 aliphatic carbocycles. The topological polar surface area (TPSA) is 18.5 Å². The lowest BCUT2D eigenvalue weighted by molar-refractivity contribution is 0.0910. The first-order valence-electron chi connectivity index (χ1n) is 8.97. The van der Waals surface area contributed by atoms with Gasteiger partial charge in [0.2, 0.25) is 0 Å². The minimum Gasteiger partial charge on any atom is -0.315 e. The van der Waals surface area contributed by atoms with Crippen molar-refractivity contribution in [1.82, 2.24) is 15.1 Å². The molecule has 4 atom stereocenters. The van der Waals surface area contributed by atoms with Gasteiger partial charge in [-0.05, 0) is 71.1 Å². The molecule has 3 aliphatic rings. The largest absolute Gasteiger partial charge is 0.315 e. The summed E-state index contributed by atoms with van der Waals surface area (Å²) in [6.45, 7) is 7.74. The Bertz CT molecular complexity index is 307. The van der Waals surface area contributed by atoms with Crippen molar-refractivity contribution in [2.45, 2.75) is 70.0 Å². The number of rotatable bonds is 3. The third kappa shape index (κ3) is 3.05. The summed E-state index contributed by atoms with van der Waals surface area (Å²) in [4.78, 5) is 5.62. The first-order chi connectivity index (χ1) is 9.81. The van der Waals surface area contributed by atoms with Gasteiger partial charge in [0.1, 0.15) is 0 Å². The van der Waals surface area contributed by atoms with Crippen LogP contribution in [-0.2, 0) is 0 Å². The van der Waals surface area contributed by atoms with E-state index in [-0.39, 0.29) is 0 Å². The van der Waals surface area contributed by atoms with E-state index in [4.69, 9.17) is 0 Å². The molecule has 3 nitrogen and oxygen atoms in total. The van der Waals surface area contributed by atoms with E-state index in [0.717, 1.165) is 24.0 Å². The van der Waals surface area contributed by atoms with Crippen molar-refractivity contribution in [3.8, 4) is 0 Å². The van der Waals surface area contributed by atoms with Gasteiger partial charge >= 0.3 is 0 Å². The van der Waals surface area contributed by atoms with Crippen LogP contribution in [0.1, 0.15) is 51.9 Å². The monoisotopic (exact) mass is 279 g/mol. The standard InChI is InChI=1S/C17H33N3/c1-3-14-7-8-16(18-2)17(12-14)20-11-5-10-19-9-4-6-15(19)13-20/h14-18H,3-13H2,1-2H3. The summed E-state index contributed by atoms with van der Waals surface area (Å²) in [5.41, 5.74) is 0. The molecule has 1 saturated carbocycles. The number of nitrogens with one attached hydrogen (secondary N) is 1. The Labute approximate surface area is 125 Å². The van der Waals surface area contributed by atoms with Crippen molar-refractivity contribution in [2.24, 2.45) is 5.92 Å². The maximum atomic E-state index is 3.62. The molecule has 1 N–H and O–H groups in total. The highest BCUT2D eigenvalue weighted by atomic mass is 15.3. The summed E-state index contributed by atoms with van der Waals surface area (Å²) in [5.74, 6) is 0.965. The van der Waals surface area contributed by atoms with Gasteiger partial charge in [-0.25, -0.2) is 0 Å². The lowest BCUT2D eigenvalue weighted by atomic mass is 9.80. The van der Waals surface area contributed by atoms with Gasteiger partial charge in [-0.15, -0.1) is 0 Å². The van der Waals surface area contributed by atoms with Crippen LogP contribution >= 0.6 is 0 Å². The second-order valence-electron chi connectivity index (χ2n) is 7.23. The minimum absolute atomic E-state index is 0.728. The molecule has 0 aromatic carbocycles. The molecule has 2 heterocycles. The van der Waals surface area contributed by atoms with E-state index in [1.807, 2.05) is 0 Å². The second kappa shape index (κ2) is 6.76. The molecule has 0 aromatic heterocycles. The van der Waals surface area contributed by atoms with Crippen molar-refractivity contribution in [1.29, 1.82) is 0 Å². The van der Waals surface area contributed by atoms with Crippen LogP contribution in [0.3, 0.4) is 0 Å². The quantitative estimate of drug-likeness (QED) is 0.855. The molecular formula is C17H33N3. The van der Waals surface area contributed by atoms with Crippen LogP contribution in [-0.4, -0.2) is 61.2 Å². The SMILES string of the molecule is CCC1CCC(NC)C(N2CCCN3CCCC3C2)C1. The minimum atomic E-state index is 0.728. The fourth-order valence-electron chi connectivity index (χ4n) is 4.88. The van der Waals surface area contributed by atoms with Gasteiger partial charge in [0, 0.05) is 24.7 Å². The van der Waals surface area contributed by atoms with Crippen molar-refractivity contribution in [2.75, 3.05) is 33.2 Å². The first kappa shape index (κ1) is 14.8. The lowest BCUT2D eigenvalue weighted by Crippen LogP contribution is -2.54. The highest BCUT2D eigenvalue weighted by Gasteiger charge is 2.36. The van der Waals surface area contributed by atoms with Crippen LogP contribution in [0.15, 0.2) is 0 Å². The number of nitrogens with zero attached hydrogens (tertiary/aromatic N) is 2. The lowest BCUT2D eigenvalue weighted by Gasteiger charge is -2.43. The summed E-state index contributed by atoms with van der Waals surface area (Å²) in [6, 6.07) is 2.38. The normalized spacial score (nSPS) is 40.5. The van der Waals surface area contributed by atoms with E-state index < -0.39 is 0 Å². The molecule has 0 radical (unpaired) electrons. The van der Waals surface area contributed by atoms with Gasteiger partial charge in [0.15, 0.2) is 0 Å². The van der Waals surface area contributed by atoms with Crippen LogP contribution in [0, 0.1) is 5.92 Å². The Morgan fingerprint density at radius 1 is 1.00 bits per heavy atom. The Balaban J connectivity index is 1.68. The third-order valence-corrected chi connectivity index (χ3v) is 6.18. The van der Waals surface area contributed by atoms with Gasteiger partial charge in [-0.2, -0.15) is 0 Å². The number of likely N-dealkylation sites (N-methyl/N-ethyl adjacent to an activating group) is 1. The Morgan fingerprint density at radius 3 is 2.60 bits per heavy atom.